The molecule has 0 aliphatic carbocycles. The van der Waals surface area contributed by atoms with E-state index in [1.807, 2.05) is 15.6 Å². The minimum absolute atomic E-state index is 0.0458. The van der Waals surface area contributed by atoms with Crippen molar-refractivity contribution in [3.8, 4) is 28.1 Å². The molecule has 2 atom stereocenters. The predicted molar refractivity (Wildman–Crippen MR) is 174 cm³/mol. The van der Waals surface area contributed by atoms with Crippen molar-refractivity contribution in [2.24, 2.45) is 7.05 Å². The van der Waals surface area contributed by atoms with Gasteiger partial charge in [-0.05, 0) is 63.4 Å². The van der Waals surface area contributed by atoms with Gasteiger partial charge in [-0.3, -0.25) is 14.1 Å². The first-order valence-electron chi connectivity index (χ1n) is 15.0. The first kappa shape index (κ1) is 32.3. The number of nitrogens with one attached hydrogen (secondary N) is 2. The largest absolute Gasteiger partial charge is 0.484 e. The number of fused-ring (bicyclic) bond motifs is 1. The van der Waals surface area contributed by atoms with Crippen molar-refractivity contribution in [1.82, 2.24) is 29.9 Å². The van der Waals surface area contributed by atoms with Gasteiger partial charge in [-0.2, -0.15) is 19.0 Å². The summed E-state index contributed by atoms with van der Waals surface area (Å²) in [6.07, 6.45) is 6.74. The highest BCUT2D eigenvalue weighted by atomic mass is 32.2. The van der Waals surface area contributed by atoms with Crippen LogP contribution in [0.4, 0.5) is 24.7 Å². The quantitative estimate of drug-likeness (QED) is 0.173. The second kappa shape index (κ2) is 12.2. The molecular formula is C32H35F3N8O3S. The molecule has 47 heavy (non-hydrogen) atoms. The molecule has 15 heteroatoms. The van der Waals surface area contributed by atoms with Crippen molar-refractivity contribution in [2.75, 3.05) is 17.0 Å². The van der Waals surface area contributed by atoms with Gasteiger partial charge in [0.15, 0.2) is 0 Å². The minimum atomic E-state index is -5.02. The molecule has 3 aromatic heterocycles. The van der Waals surface area contributed by atoms with E-state index in [0.29, 0.717) is 27.7 Å². The Bertz CT molecular complexity index is 2030. The molecule has 248 valence electrons. The summed E-state index contributed by atoms with van der Waals surface area (Å²) < 4.78 is 76.0. The average molecular weight is 669 g/mol. The number of nitrogen functional groups attached to an aromatic ring is 1. The number of hydrogen-bond acceptors (Lipinski definition) is 8. The molecule has 0 bridgehead atoms. The van der Waals surface area contributed by atoms with Crippen LogP contribution in [0.25, 0.3) is 33.3 Å². The predicted octanol–water partition coefficient (Wildman–Crippen LogP) is 6.03. The number of pyridine rings is 1. The lowest BCUT2D eigenvalue weighted by Gasteiger charge is -2.35. The number of halogens is 3. The molecule has 1 saturated heterocycles. The van der Waals surface area contributed by atoms with Crippen molar-refractivity contribution in [1.29, 1.82) is 0 Å². The van der Waals surface area contributed by atoms with E-state index in [1.165, 1.54) is 42.5 Å². The Hall–Kier alpha value is -4.63. The van der Waals surface area contributed by atoms with Crippen LogP contribution in [-0.2, 0) is 17.1 Å². The monoisotopic (exact) mass is 668 g/mol. The smallest absolute Gasteiger partial charge is 0.355 e. The maximum Gasteiger partial charge on any atom is 0.355 e. The van der Waals surface area contributed by atoms with Crippen molar-refractivity contribution in [3.05, 3.63) is 72.4 Å². The highest BCUT2D eigenvalue weighted by molar-refractivity contribution is 7.93. The Balaban J connectivity index is 1.40. The maximum absolute atomic E-state index is 13.5. The van der Waals surface area contributed by atoms with E-state index in [0.717, 1.165) is 30.5 Å². The lowest BCUT2D eigenvalue weighted by molar-refractivity contribution is 0.228. The topological polar surface area (TPSA) is 142 Å². The normalized spacial score (nSPS) is 17.2. The summed E-state index contributed by atoms with van der Waals surface area (Å²) in [5.74, 6) is -3.94. The fourth-order valence-corrected chi connectivity index (χ4v) is 6.37. The summed E-state index contributed by atoms with van der Waals surface area (Å²) in [5, 5.41) is 13.5. The Morgan fingerprint density at radius 1 is 1.13 bits per heavy atom. The van der Waals surface area contributed by atoms with Crippen LogP contribution in [0.5, 0.6) is 5.75 Å². The molecule has 1 unspecified atom stereocenters. The summed E-state index contributed by atoms with van der Waals surface area (Å²) in [5.41, 5.74) is 10.0. The Kier molecular flexibility index (Phi) is 8.38. The van der Waals surface area contributed by atoms with Gasteiger partial charge in [0.05, 0.1) is 28.8 Å². The molecule has 6 rings (SSSR count). The summed E-state index contributed by atoms with van der Waals surface area (Å²) >= 11 is 0. The number of aromatic nitrogens is 5. The number of anilines is 2. The van der Waals surface area contributed by atoms with Gasteiger partial charge in [-0.25, -0.2) is 17.8 Å². The second-order valence-electron chi connectivity index (χ2n) is 12.3. The number of nitrogens with two attached hydrogens (primary N) is 1. The van der Waals surface area contributed by atoms with E-state index >= 15 is 0 Å². The Labute approximate surface area is 270 Å². The third-order valence-electron chi connectivity index (χ3n) is 8.48. The van der Waals surface area contributed by atoms with Crippen LogP contribution in [0, 0.1) is 5.82 Å². The van der Waals surface area contributed by atoms with E-state index in [4.69, 9.17) is 15.6 Å². The molecular weight excluding hydrogens is 633 g/mol. The molecule has 2 aromatic carbocycles. The standard InChI is InChI=1S/C32H35F3N8O3S/c1-18(19-5-8-22(33)9-6-19)46-26-13-20(7-10-25(26)41-47(44,45)31(34)35)28-27-29(42(4)40-28)24(16-37-30(27)36)21-14-39-43(17-21)23-11-12-32(2,3)38-15-23/h5-10,13-14,16-18,23,31,38,41H,11-12,15H2,1-4H3,(H2,36,37)/t18-,23?/m0/s1. The van der Waals surface area contributed by atoms with Crippen molar-refractivity contribution in [2.45, 2.75) is 57.1 Å². The zero-order chi connectivity index (χ0) is 33.7. The van der Waals surface area contributed by atoms with Crippen molar-refractivity contribution >= 4 is 32.4 Å². The fourth-order valence-electron chi connectivity index (χ4n) is 5.80. The zero-order valence-electron chi connectivity index (χ0n) is 26.2. The number of rotatable bonds is 9. The van der Waals surface area contributed by atoms with E-state index < -0.39 is 27.7 Å². The van der Waals surface area contributed by atoms with E-state index in [1.54, 1.807) is 31.0 Å². The van der Waals surface area contributed by atoms with Crippen LogP contribution in [0.1, 0.15) is 51.3 Å². The molecule has 0 radical (unpaired) electrons. The molecule has 4 heterocycles. The van der Waals surface area contributed by atoms with Gasteiger partial charge < -0.3 is 15.8 Å². The molecule has 11 nitrogen and oxygen atoms in total. The van der Waals surface area contributed by atoms with E-state index in [9.17, 15) is 21.6 Å². The summed E-state index contributed by atoms with van der Waals surface area (Å²) in [4.78, 5) is 4.47. The molecule has 0 saturated carbocycles. The van der Waals surface area contributed by atoms with Crippen LogP contribution >= 0.6 is 0 Å². The average Bonchev–Trinajstić information content (AvgIpc) is 3.64. The lowest BCUT2D eigenvalue weighted by atomic mass is 9.91. The lowest BCUT2D eigenvalue weighted by Crippen LogP contribution is -2.47. The van der Waals surface area contributed by atoms with Crippen molar-refractivity contribution in [3.63, 3.8) is 0 Å². The van der Waals surface area contributed by atoms with Gasteiger partial charge in [0.2, 0.25) is 0 Å². The maximum atomic E-state index is 13.5. The van der Waals surface area contributed by atoms with Crippen LogP contribution < -0.4 is 20.5 Å². The highest BCUT2D eigenvalue weighted by Crippen LogP contribution is 2.40. The van der Waals surface area contributed by atoms with Gasteiger partial charge in [0, 0.05) is 48.2 Å². The van der Waals surface area contributed by atoms with Gasteiger partial charge in [0.25, 0.3) is 10.0 Å². The number of piperidine rings is 1. The SMILES string of the molecule is C[C@H](Oc1cc(-c2nn(C)c3c(-c4cnn(C5CCC(C)(C)NC5)c4)cnc(N)c23)ccc1NS(=O)(=O)C(F)F)c1ccc(F)cc1. The molecule has 4 N–H and O–H groups in total. The molecule has 1 aliphatic rings. The third kappa shape index (κ3) is 6.49. The second-order valence-corrected chi connectivity index (χ2v) is 14.0. The van der Waals surface area contributed by atoms with E-state index in [-0.39, 0.29) is 28.8 Å². The van der Waals surface area contributed by atoms with Crippen LogP contribution in [0.3, 0.4) is 0 Å². The Morgan fingerprint density at radius 3 is 2.55 bits per heavy atom. The van der Waals surface area contributed by atoms with Crippen LogP contribution in [0.2, 0.25) is 0 Å². The van der Waals surface area contributed by atoms with Gasteiger partial charge in [-0.15, -0.1) is 0 Å². The first-order valence-corrected chi connectivity index (χ1v) is 16.5. The van der Waals surface area contributed by atoms with Gasteiger partial charge in [-0.1, -0.05) is 18.2 Å². The van der Waals surface area contributed by atoms with Crippen LogP contribution in [0.15, 0.2) is 61.1 Å². The number of ether oxygens (including phenoxy) is 1. The number of nitrogens with zero attached hydrogens (tertiary/aromatic N) is 5. The number of sulfonamides is 1. The summed E-state index contributed by atoms with van der Waals surface area (Å²) in [6.45, 7) is 6.84. The molecule has 1 aliphatic heterocycles. The Morgan fingerprint density at radius 2 is 1.87 bits per heavy atom. The first-order chi connectivity index (χ1) is 22.2. The van der Waals surface area contributed by atoms with Crippen LogP contribution in [-0.4, -0.2) is 50.8 Å². The summed E-state index contributed by atoms with van der Waals surface area (Å²) in [7, 11) is -3.25. The molecule has 0 spiro atoms. The molecule has 1 fully saturated rings. The molecule has 0 amide bonds. The van der Waals surface area contributed by atoms with E-state index in [2.05, 4.69) is 29.2 Å². The number of hydrogen-bond donors (Lipinski definition) is 3. The van der Waals surface area contributed by atoms with Crippen molar-refractivity contribution < 1.29 is 26.3 Å². The summed E-state index contributed by atoms with van der Waals surface area (Å²) in [6, 6.07) is 10.1. The minimum Gasteiger partial charge on any atom is -0.484 e. The zero-order valence-corrected chi connectivity index (χ0v) is 27.0. The fraction of sp³-hybridized carbons (Fsp3) is 0.344. The number of benzene rings is 2. The van der Waals surface area contributed by atoms with Gasteiger partial charge >= 0.3 is 5.76 Å². The number of alkyl halides is 2. The number of aryl methyl sites for hydroxylation is 1. The molecule has 5 aromatic rings. The van der Waals surface area contributed by atoms with Gasteiger partial charge in [0.1, 0.15) is 29.2 Å². The highest BCUT2D eigenvalue weighted by Gasteiger charge is 2.29. The third-order valence-corrected chi connectivity index (χ3v) is 9.46.